The van der Waals surface area contributed by atoms with Crippen LogP contribution in [0.1, 0.15) is 21.6 Å². The van der Waals surface area contributed by atoms with Gasteiger partial charge in [0.2, 0.25) is 0 Å². The molecule has 1 fully saturated rings. The highest BCUT2D eigenvalue weighted by Gasteiger charge is 2.23. The molecule has 0 atom stereocenters. The number of carbonyl (C=O) groups is 1. The molecule has 0 bridgehead atoms. The van der Waals surface area contributed by atoms with E-state index in [1.165, 1.54) is 11.1 Å². The number of aromatic nitrogens is 1. The SMILES string of the molecule is CN1CCN(C(=O)c2cc(N3CCc4ccccc4C3)ccn2)CC1. The zero-order valence-electron chi connectivity index (χ0n) is 14.7. The zero-order valence-corrected chi connectivity index (χ0v) is 14.7. The summed E-state index contributed by atoms with van der Waals surface area (Å²) in [5, 5.41) is 0. The minimum absolute atomic E-state index is 0.0485. The number of pyridine rings is 1. The van der Waals surface area contributed by atoms with Crippen molar-refractivity contribution in [3.8, 4) is 0 Å². The maximum Gasteiger partial charge on any atom is 0.272 e. The summed E-state index contributed by atoms with van der Waals surface area (Å²) >= 11 is 0. The summed E-state index contributed by atoms with van der Waals surface area (Å²) in [5.41, 5.74) is 4.45. The first-order valence-electron chi connectivity index (χ1n) is 8.96. The lowest BCUT2D eigenvalue weighted by molar-refractivity contribution is 0.0658. The molecule has 0 radical (unpaired) electrons. The molecule has 2 aliphatic rings. The molecule has 0 unspecified atom stereocenters. The molecular formula is C20H24N4O. The van der Waals surface area contributed by atoms with E-state index in [-0.39, 0.29) is 5.91 Å². The molecule has 4 rings (SSSR count). The fourth-order valence-corrected chi connectivity index (χ4v) is 3.62. The number of piperazine rings is 1. The molecule has 5 heteroatoms. The maximum atomic E-state index is 12.8. The van der Waals surface area contributed by atoms with Gasteiger partial charge in [0.05, 0.1) is 0 Å². The number of hydrogen-bond donors (Lipinski definition) is 0. The number of fused-ring (bicyclic) bond motifs is 1. The summed E-state index contributed by atoms with van der Waals surface area (Å²) < 4.78 is 0. The molecule has 1 aromatic carbocycles. The Morgan fingerprint density at radius 2 is 1.76 bits per heavy atom. The lowest BCUT2D eigenvalue weighted by Crippen LogP contribution is -2.47. The van der Waals surface area contributed by atoms with Crippen LogP contribution in [0.25, 0.3) is 0 Å². The summed E-state index contributed by atoms with van der Waals surface area (Å²) in [4.78, 5) is 23.6. The number of anilines is 1. The van der Waals surface area contributed by atoms with Crippen molar-refractivity contribution in [3.05, 3.63) is 59.4 Å². The van der Waals surface area contributed by atoms with E-state index in [9.17, 15) is 4.79 Å². The standard InChI is InChI=1S/C20H24N4O/c1-22-10-12-23(13-11-22)20(25)19-14-18(6-8-21-19)24-9-7-16-4-2-3-5-17(16)15-24/h2-6,8,14H,7,9-13,15H2,1H3. The lowest BCUT2D eigenvalue weighted by Gasteiger charge is -2.33. The quantitative estimate of drug-likeness (QED) is 0.841. The summed E-state index contributed by atoms with van der Waals surface area (Å²) in [6.45, 7) is 5.27. The van der Waals surface area contributed by atoms with Crippen LogP contribution in [0.2, 0.25) is 0 Å². The lowest BCUT2D eigenvalue weighted by atomic mass is 9.99. The van der Waals surface area contributed by atoms with E-state index >= 15 is 0 Å². The molecule has 130 valence electrons. The second kappa shape index (κ2) is 6.84. The van der Waals surface area contributed by atoms with Crippen molar-refractivity contribution in [2.45, 2.75) is 13.0 Å². The average molecular weight is 336 g/mol. The number of benzene rings is 1. The molecule has 3 heterocycles. The van der Waals surface area contributed by atoms with Crippen molar-refractivity contribution in [1.82, 2.24) is 14.8 Å². The first-order valence-corrected chi connectivity index (χ1v) is 8.96. The Balaban J connectivity index is 1.51. The Bertz CT molecular complexity index is 768. The smallest absolute Gasteiger partial charge is 0.272 e. The number of carbonyl (C=O) groups excluding carboxylic acids is 1. The summed E-state index contributed by atoms with van der Waals surface area (Å²) in [5.74, 6) is 0.0485. The highest BCUT2D eigenvalue weighted by Crippen LogP contribution is 2.24. The second-order valence-corrected chi connectivity index (χ2v) is 6.94. The first kappa shape index (κ1) is 16.1. The molecule has 1 saturated heterocycles. The summed E-state index contributed by atoms with van der Waals surface area (Å²) in [6, 6.07) is 12.6. The third-order valence-electron chi connectivity index (χ3n) is 5.25. The van der Waals surface area contributed by atoms with E-state index in [4.69, 9.17) is 0 Å². The number of likely N-dealkylation sites (N-methyl/N-ethyl adjacent to an activating group) is 1. The number of rotatable bonds is 2. The first-order chi connectivity index (χ1) is 12.2. The van der Waals surface area contributed by atoms with Crippen molar-refractivity contribution in [3.63, 3.8) is 0 Å². The fourth-order valence-electron chi connectivity index (χ4n) is 3.62. The van der Waals surface area contributed by atoms with Crippen molar-refractivity contribution in [2.75, 3.05) is 44.7 Å². The van der Waals surface area contributed by atoms with Gasteiger partial charge in [-0.3, -0.25) is 9.78 Å². The highest BCUT2D eigenvalue weighted by atomic mass is 16.2. The van der Waals surface area contributed by atoms with E-state index in [0.717, 1.165) is 51.4 Å². The molecule has 1 amide bonds. The Morgan fingerprint density at radius 3 is 2.56 bits per heavy atom. The predicted octanol–water partition coefficient (Wildman–Crippen LogP) is 2.03. The van der Waals surface area contributed by atoms with Crippen LogP contribution < -0.4 is 4.90 Å². The number of nitrogens with zero attached hydrogens (tertiary/aromatic N) is 4. The minimum atomic E-state index is 0.0485. The number of amides is 1. The number of hydrogen-bond acceptors (Lipinski definition) is 4. The van der Waals surface area contributed by atoms with Gasteiger partial charge in [0, 0.05) is 51.2 Å². The van der Waals surface area contributed by atoms with Gasteiger partial charge in [0.1, 0.15) is 5.69 Å². The largest absolute Gasteiger partial charge is 0.367 e. The maximum absolute atomic E-state index is 12.8. The highest BCUT2D eigenvalue weighted by molar-refractivity contribution is 5.93. The summed E-state index contributed by atoms with van der Waals surface area (Å²) in [7, 11) is 2.09. The minimum Gasteiger partial charge on any atom is -0.367 e. The van der Waals surface area contributed by atoms with Crippen molar-refractivity contribution < 1.29 is 4.79 Å². The van der Waals surface area contributed by atoms with E-state index < -0.39 is 0 Å². The molecular weight excluding hydrogens is 312 g/mol. The predicted molar refractivity (Wildman–Crippen MR) is 98.8 cm³/mol. The molecule has 25 heavy (non-hydrogen) atoms. The van der Waals surface area contributed by atoms with Gasteiger partial charge in [-0.15, -0.1) is 0 Å². The van der Waals surface area contributed by atoms with Gasteiger partial charge in [0.25, 0.3) is 5.91 Å². The van der Waals surface area contributed by atoms with Gasteiger partial charge < -0.3 is 14.7 Å². The second-order valence-electron chi connectivity index (χ2n) is 6.94. The van der Waals surface area contributed by atoms with E-state index in [1.807, 2.05) is 17.0 Å². The molecule has 0 spiro atoms. The zero-order chi connectivity index (χ0) is 17.2. The molecule has 5 nitrogen and oxygen atoms in total. The van der Waals surface area contributed by atoms with Crippen LogP contribution in [-0.4, -0.2) is 60.5 Å². The monoisotopic (exact) mass is 336 g/mol. The van der Waals surface area contributed by atoms with Gasteiger partial charge in [-0.2, -0.15) is 0 Å². The van der Waals surface area contributed by atoms with E-state index in [0.29, 0.717) is 5.69 Å². The molecule has 0 saturated carbocycles. The van der Waals surface area contributed by atoms with Crippen LogP contribution >= 0.6 is 0 Å². The molecule has 2 aromatic rings. The Morgan fingerprint density at radius 1 is 1.00 bits per heavy atom. The Kier molecular flexibility index (Phi) is 4.40. The van der Waals surface area contributed by atoms with E-state index in [2.05, 4.69) is 46.1 Å². The average Bonchev–Trinajstić information content (AvgIpc) is 2.68. The Hall–Kier alpha value is -2.40. The Labute approximate surface area is 148 Å². The topological polar surface area (TPSA) is 39.7 Å². The van der Waals surface area contributed by atoms with E-state index in [1.54, 1.807) is 6.20 Å². The fraction of sp³-hybridized carbons (Fsp3) is 0.400. The third kappa shape index (κ3) is 3.37. The van der Waals surface area contributed by atoms with Crippen molar-refractivity contribution >= 4 is 11.6 Å². The molecule has 0 aliphatic carbocycles. The molecule has 0 N–H and O–H groups in total. The van der Waals surface area contributed by atoms with Gasteiger partial charge >= 0.3 is 0 Å². The van der Waals surface area contributed by atoms with Crippen LogP contribution in [0.3, 0.4) is 0 Å². The molecule has 2 aliphatic heterocycles. The van der Waals surface area contributed by atoms with Crippen LogP contribution in [-0.2, 0) is 13.0 Å². The molecule has 1 aromatic heterocycles. The van der Waals surface area contributed by atoms with Crippen molar-refractivity contribution in [1.29, 1.82) is 0 Å². The normalized spacial score (nSPS) is 18.1. The van der Waals surface area contributed by atoms with Crippen LogP contribution in [0.4, 0.5) is 5.69 Å². The van der Waals surface area contributed by atoms with Gasteiger partial charge in [-0.1, -0.05) is 24.3 Å². The van der Waals surface area contributed by atoms with Crippen LogP contribution in [0, 0.1) is 0 Å². The van der Waals surface area contributed by atoms with Gasteiger partial charge in [-0.05, 0) is 36.7 Å². The van der Waals surface area contributed by atoms with Crippen LogP contribution in [0.15, 0.2) is 42.6 Å². The summed E-state index contributed by atoms with van der Waals surface area (Å²) in [6.07, 6.45) is 2.80. The van der Waals surface area contributed by atoms with Crippen LogP contribution in [0.5, 0.6) is 0 Å². The van der Waals surface area contributed by atoms with Crippen molar-refractivity contribution in [2.24, 2.45) is 0 Å². The van der Waals surface area contributed by atoms with Gasteiger partial charge in [0.15, 0.2) is 0 Å². The van der Waals surface area contributed by atoms with Gasteiger partial charge in [-0.25, -0.2) is 0 Å². The third-order valence-corrected chi connectivity index (χ3v) is 5.25.